The molecule has 0 aliphatic carbocycles. The van der Waals surface area contributed by atoms with E-state index >= 15 is 0 Å². The summed E-state index contributed by atoms with van der Waals surface area (Å²) in [5, 5.41) is 7.52. The number of nitrogens with two attached hydrogens (primary N) is 1. The van der Waals surface area contributed by atoms with Gasteiger partial charge in [0.15, 0.2) is 11.5 Å². The second kappa shape index (κ2) is 20.2. The summed E-state index contributed by atoms with van der Waals surface area (Å²) in [5.41, 5.74) is 8.67. The van der Waals surface area contributed by atoms with E-state index in [4.69, 9.17) is 31.5 Å². The molecule has 3 aromatic carbocycles. The Balaban J connectivity index is 1.24. The van der Waals surface area contributed by atoms with Gasteiger partial charge in [0.25, 0.3) is 5.91 Å². The minimum absolute atomic E-state index is 0.0826. The predicted octanol–water partition coefficient (Wildman–Crippen LogP) is 5.34. The number of likely N-dealkylation sites (tertiary alicyclic amines) is 2. The Labute approximate surface area is 351 Å². The van der Waals surface area contributed by atoms with Crippen molar-refractivity contribution in [3.8, 4) is 11.5 Å². The van der Waals surface area contributed by atoms with E-state index in [1.165, 1.54) is 7.11 Å². The number of methoxy groups -OCH3 is 1. The second-order valence-electron chi connectivity index (χ2n) is 15.9. The van der Waals surface area contributed by atoms with Crippen LogP contribution in [0.5, 0.6) is 11.5 Å². The Hall–Kier alpha value is -5.11. The number of H-pyrrole nitrogens is 1. The summed E-state index contributed by atoms with van der Waals surface area (Å²) in [4.78, 5) is 63.4. The van der Waals surface area contributed by atoms with Gasteiger partial charge >= 0.3 is 0 Å². The first-order valence-corrected chi connectivity index (χ1v) is 20.9. The monoisotopic (exact) mass is 828 g/mol. The molecule has 13 nitrogen and oxygen atoms in total. The standard InChI is InChI=1S/C45H57ClN6O7/c1-28(2)59-39-16-13-31(19-40(39)57-4)45(56)52-24-33-23-51(41(53)20-32-22-49-38-21-34(46)14-15-35(32)38)26-37(36(33)25-52)43(54)50-42(44(55)48-18-10-6-9-17-47)29(3)58-27-30-11-7-5-8-12-30/h5,7-8,11-16,19,21-22,28-29,33,36-37,42,49H,6,9-10,17-18,20,23-27,47H2,1-4H3,(H,48,55)(H,50,54)/t29-,33?,36?,37?,42-/m0/s1. The largest absolute Gasteiger partial charge is 0.493 e. The first-order chi connectivity index (χ1) is 28.4. The molecule has 0 spiro atoms. The maximum absolute atomic E-state index is 14.6. The molecule has 4 aromatic rings. The van der Waals surface area contributed by atoms with Crippen LogP contribution in [0.25, 0.3) is 10.9 Å². The molecule has 6 rings (SSSR count). The van der Waals surface area contributed by atoms with Crippen molar-refractivity contribution in [3.05, 3.63) is 94.6 Å². The van der Waals surface area contributed by atoms with Gasteiger partial charge in [0.2, 0.25) is 17.7 Å². The summed E-state index contributed by atoms with van der Waals surface area (Å²) < 4.78 is 17.6. The van der Waals surface area contributed by atoms with Crippen LogP contribution in [0.1, 0.15) is 61.5 Å². The smallest absolute Gasteiger partial charge is 0.254 e. The summed E-state index contributed by atoms with van der Waals surface area (Å²) in [6, 6.07) is 19.2. The third-order valence-corrected chi connectivity index (χ3v) is 11.5. The average molecular weight is 829 g/mol. The lowest BCUT2D eigenvalue weighted by atomic mass is 9.79. The number of benzene rings is 3. The van der Waals surface area contributed by atoms with Crippen LogP contribution in [0.4, 0.5) is 0 Å². The van der Waals surface area contributed by atoms with Gasteiger partial charge in [0, 0.05) is 60.4 Å². The number of carbonyl (C=O) groups is 4. The molecule has 2 saturated heterocycles. The summed E-state index contributed by atoms with van der Waals surface area (Å²) in [5.74, 6) is -1.27. The number of nitrogens with one attached hydrogen (secondary N) is 3. The van der Waals surface area contributed by atoms with Crippen molar-refractivity contribution in [2.24, 2.45) is 23.5 Å². The van der Waals surface area contributed by atoms with E-state index in [-0.39, 0.29) is 61.1 Å². The molecule has 0 radical (unpaired) electrons. The Morgan fingerprint density at radius 3 is 2.44 bits per heavy atom. The number of rotatable bonds is 18. The third-order valence-electron chi connectivity index (χ3n) is 11.3. The number of hydrogen-bond acceptors (Lipinski definition) is 8. The number of carbonyl (C=O) groups excluding carboxylic acids is 4. The van der Waals surface area contributed by atoms with Gasteiger partial charge < -0.3 is 45.4 Å². The Morgan fingerprint density at radius 1 is 0.915 bits per heavy atom. The molecule has 316 valence electrons. The van der Waals surface area contributed by atoms with Gasteiger partial charge in [0.05, 0.1) is 38.3 Å². The zero-order chi connectivity index (χ0) is 42.1. The second-order valence-corrected chi connectivity index (χ2v) is 16.3. The van der Waals surface area contributed by atoms with E-state index in [0.29, 0.717) is 54.8 Å². The fourth-order valence-corrected chi connectivity index (χ4v) is 8.33. The van der Waals surface area contributed by atoms with Crippen molar-refractivity contribution in [3.63, 3.8) is 0 Å². The van der Waals surface area contributed by atoms with Crippen LogP contribution in [0.15, 0.2) is 72.9 Å². The molecule has 3 heterocycles. The quantitative estimate of drug-likeness (QED) is 0.0976. The Kier molecular flexibility index (Phi) is 14.9. The highest BCUT2D eigenvalue weighted by molar-refractivity contribution is 6.31. The zero-order valence-electron chi connectivity index (χ0n) is 34.4. The normalized spacial score (nSPS) is 18.7. The van der Waals surface area contributed by atoms with E-state index < -0.39 is 18.1 Å². The SMILES string of the molecule is COc1cc(C(=O)N2CC3CN(C(=O)Cc4c[nH]c5cc(Cl)ccc45)CC(C(=O)N[C@H](C(=O)NCCCCCN)[C@H](C)OCc4ccccc4)C3C2)ccc1OC(C)C. The molecular formula is C45H57ClN6O7. The number of unbranched alkanes of at least 4 members (excludes halogenated alkanes) is 2. The molecule has 14 heteroatoms. The summed E-state index contributed by atoms with van der Waals surface area (Å²) >= 11 is 6.22. The topological polar surface area (TPSA) is 168 Å². The molecular weight excluding hydrogens is 772 g/mol. The zero-order valence-corrected chi connectivity index (χ0v) is 35.1. The molecule has 2 fully saturated rings. The van der Waals surface area contributed by atoms with Gasteiger partial charge in [-0.15, -0.1) is 0 Å². The van der Waals surface area contributed by atoms with Gasteiger partial charge in [-0.2, -0.15) is 0 Å². The molecule has 0 saturated carbocycles. The number of hydrogen-bond donors (Lipinski definition) is 4. The first kappa shape index (κ1) is 43.5. The molecule has 1 aromatic heterocycles. The molecule has 2 aliphatic heterocycles. The number of nitrogens with zero attached hydrogens (tertiary/aromatic N) is 2. The van der Waals surface area contributed by atoms with Gasteiger partial charge in [-0.25, -0.2) is 0 Å². The van der Waals surface area contributed by atoms with Crippen molar-refractivity contribution in [2.75, 3.05) is 46.4 Å². The molecule has 59 heavy (non-hydrogen) atoms. The van der Waals surface area contributed by atoms with E-state index in [1.807, 2.05) is 62.5 Å². The minimum atomic E-state index is -1.01. The van der Waals surface area contributed by atoms with Crippen molar-refractivity contribution in [1.82, 2.24) is 25.4 Å². The fraction of sp³-hybridized carbons (Fsp3) is 0.467. The average Bonchev–Trinajstić information content (AvgIpc) is 3.85. The van der Waals surface area contributed by atoms with Crippen LogP contribution < -0.4 is 25.8 Å². The highest BCUT2D eigenvalue weighted by Crippen LogP contribution is 2.38. The lowest BCUT2D eigenvalue weighted by Gasteiger charge is -2.40. The van der Waals surface area contributed by atoms with Crippen molar-refractivity contribution < 1.29 is 33.4 Å². The van der Waals surface area contributed by atoms with Gasteiger partial charge in [0.1, 0.15) is 6.04 Å². The summed E-state index contributed by atoms with van der Waals surface area (Å²) in [6.45, 7) is 8.02. The van der Waals surface area contributed by atoms with Crippen molar-refractivity contribution in [1.29, 1.82) is 0 Å². The molecule has 3 unspecified atom stereocenters. The Bertz CT molecular complexity index is 2080. The van der Waals surface area contributed by atoms with E-state index in [1.54, 1.807) is 41.0 Å². The maximum atomic E-state index is 14.6. The number of aromatic nitrogens is 1. The number of amides is 4. The van der Waals surface area contributed by atoms with Crippen molar-refractivity contribution >= 4 is 46.1 Å². The van der Waals surface area contributed by atoms with E-state index in [9.17, 15) is 19.2 Å². The fourth-order valence-electron chi connectivity index (χ4n) is 8.16. The number of ether oxygens (including phenoxy) is 3. The van der Waals surface area contributed by atoms with Crippen LogP contribution in [0.3, 0.4) is 0 Å². The van der Waals surface area contributed by atoms with Gasteiger partial charge in [-0.1, -0.05) is 54.4 Å². The first-order valence-electron chi connectivity index (χ1n) is 20.6. The molecule has 5 atom stereocenters. The number of halogens is 1. The summed E-state index contributed by atoms with van der Waals surface area (Å²) in [7, 11) is 1.53. The van der Waals surface area contributed by atoms with Crippen LogP contribution in [-0.2, 0) is 32.1 Å². The number of piperidine rings is 1. The molecule has 5 N–H and O–H groups in total. The number of fused-ring (bicyclic) bond motifs is 2. The van der Waals surface area contributed by atoms with Crippen LogP contribution >= 0.6 is 11.6 Å². The van der Waals surface area contributed by atoms with E-state index in [0.717, 1.165) is 41.3 Å². The molecule has 0 bridgehead atoms. The van der Waals surface area contributed by atoms with Crippen LogP contribution in [-0.4, -0.2) is 103 Å². The highest BCUT2D eigenvalue weighted by atomic mass is 35.5. The van der Waals surface area contributed by atoms with Gasteiger partial charge in [-0.05, 0) is 93.5 Å². The lowest BCUT2D eigenvalue weighted by molar-refractivity contribution is -0.141. The maximum Gasteiger partial charge on any atom is 0.254 e. The summed E-state index contributed by atoms with van der Waals surface area (Å²) in [6.07, 6.45) is 3.63. The molecule has 4 amide bonds. The van der Waals surface area contributed by atoms with E-state index in [2.05, 4.69) is 15.6 Å². The highest BCUT2D eigenvalue weighted by Gasteiger charge is 2.48. The number of aromatic amines is 1. The molecule has 2 aliphatic rings. The minimum Gasteiger partial charge on any atom is -0.493 e. The predicted molar refractivity (Wildman–Crippen MR) is 227 cm³/mol. The Morgan fingerprint density at radius 2 is 1.69 bits per heavy atom. The third kappa shape index (κ3) is 10.9. The van der Waals surface area contributed by atoms with Crippen LogP contribution in [0.2, 0.25) is 5.02 Å². The van der Waals surface area contributed by atoms with Gasteiger partial charge in [-0.3, -0.25) is 19.2 Å². The van der Waals surface area contributed by atoms with Crippen LogP contribution in [0, 0.1) is 17.8 Å². The lowest BCUT2D eigenvalue weighted by Crippen LogP contribution is -2.58. The van der Waals surface area contributed by atoms with Crippen molar-refractivity contribution in [2.45, 2.75) is 71.3 Å².